The average Bonchev–Trinajstić information content (AvgIpc) is 3.68. The number of likely N-dealkylation sites (N-methyl/N-ethyl adjacent to an activating group) is 1. The molecule has 0 saturated carbocycles. The number of nitrogens with zero attached hydrogens (tertiary/aromatic N) is 6. The van der Waals surface area contributed by atoms with Gasteiger partial charge in [-0.25, -0.2) is 9.98 Å². The topological polar surface area (TPSA) is 121 Å². The third kappa shape index (κ3) is 8.65. The van der Waals surface area contributed by atoms with E-state index in [1.54, 1.807) is 25.3 Å². The minimum absolute atomic E-state index is 0.137. The number of rotatable bonds is 15. The van der Waals surface area contributed by atoms with Crippen LogP contribution in [-0.4, -0.2) is 71.1 Å². The normalized spacial score (nSPS) is 13.3. The smallest absolute Gasteiger partial charge is 0.278 e. The standard InChI is InChI=1S/C37H51N7O4S/c1-10-14-20-43(21-15-11-2)30(46)23-42(13-4)31-19-18-29(49-31)39-33-34(37(6,7)8)41-44-35(33)40-32(26(12-3)36(44)47)27-22-25(38-24(5)45)16-17-28(27)48-9/h16-19,22H,10-15,20-21,23H2,1-9H3,(H,38,45)/b39-33-. The fraction of sp³-hybridized carbons (Fsp3) is 0.514. The summed E-state index contributed by atoms with van der Waals surface area (Å²) in [5.74, 6) is 0.791. The largest absolute Gasteiger partial charge is 0.496 e. The van der Waals surface area contributed by atoms with E-state index in [0.717, 1.165) is 48.8 Å². The van der Waals surface area contributed by atoms with Gasteiger partial charge in [-0.15, -0.1) is 0 Å². The monoisotopic (exact) mass is 689 g/mol. The number of aliphatic imine (C=N–C) groups is 1. The third-order valence-corrected chi connectivity index (χ3v) is 9.40. The van der Waals surface area contributed by atoms with Gasteiger partial charge in [0, 0.05) is 48.8 Å². The molecule has 0 bridgehead atoms. The molecule has 0 fully saturated rings. The molecule has 0 spiro atoms. The zero-order chi connectivity index (χ0) is 35.9. The van der Waals surface area contributed by atoms with Crippen molar-refractivity contribution >= 4 is 50.3 Å². The number of hydrogen-bond acceptors (Lipinski definition) is 9. The van der Waals surface area contributed by atoms with Gasteiger partial charge in [0.25, 0.3) is 5.56 Å². The molecule has 0 aliphatic carbocycles. The van der Waals surface area contributed by atoms with Crippen LogP contribution in [0.5, 0.6) is 5.75 Å². The fourth-order valence-corrected chi connectivity index (χ4v) is 6.64. The van der Waals surface area contributed by atoms with Gasteiger partial charge in [-0.2, -0.15) is 9.78 Å². The van der Waals surface area contributed by atoms with Crippen molar-refractivity contribution in [1.29, 1.82) is 0 Å². The maximum Gasteiger partial charge on any atom is 0.278 e. The number of carbonyl (C=O) groups is 2. The molecule has 1 N–H and O–H groups in total. The zero-order valence-corrected chi connectivity index (χ0v) is 31.3. The number of aromatic nitrogens is 2. The van der Waals surface area contributed by atoms with E-state index in [9.17, 15) is 14.4 Å². The number of hydrogen-bond donors (Lipinski definition) is 1. The second kappa shape index (κ2) is 16.4. The molecule has 2 amide bonds. The molecular formula is C37H51N7O4S. The molecule has 3 aromatic rings. The number of nitrogens with one attached hydrogen (secondary N) is 1. The predicted molar refractivity (Wildman–Crippen MR) is 201 cm³/mol. The lowest BCUT2D eigenvalue weighted by Crippen LogP contribution is -2.41. The molecule has 0 atom stereocenters. The molecule has 11 nitrogen and oxygen atoms in total. The van der Waals surface area contributed by atoms with Crippen molar-refractivity contribution in [2.45, 2.75) is 87.5 Å². The summed E-state index contributed by atoms with van der Waals surface area (Å²) >= 11 is 1.49. The van der Waals surface area contributed by atoms with E-state index >= 15 is 0 Å². The van der Waals surface area contributed by atoms with Crippen LogP contribution in [0.15, 0.2) is 45.2 Å². The SMILES string of the molecule is CCCCN(CCCC)C(=O)CN(CC)c1ccc(/N=C2/C(C(C)(C)C)=Nn3c2nc(-c2cc(NC(C)=O)ccc2OC)c(CC)c3=O)s1. The first kappa shape index (κ1) is 37.5. The summed E-state index contributed by atoms with van der Waals surface area (Å²) in [6.45, 7) is 18.3. The van der Waals surface area contributed by atoms with Crippen molar-refractivity contribution in [2.75, 3.05) is 43.5 Å². The molecule has 0 saturated heterocycles. The number of carbonyl (C=O) groups excluding carboxylic acids is 2. The van der Waals surface area contributed by atoms with E-state index < -0.39 is 5.41 Å². The van der Waals surface area contributed by atoms with Gasteiger partial charge in [-0.3, -0.25) is 14.4 Å². The van der Waals surface area contributed by atoms with Gasteiger partial charge in [-0.1, -0.05) is 65.7 Å². The maximum absolute atomic E-state index is 14.1. The first-order valence-corrected chi connectivity index (χ1v) is 18.1. The van der Waals surface area contributed by atoms with Crippen LogP contribution in [0, 0.1) is 5.41 Å². The zero-order valence-electron chi connectivity index (χ0n) is 30.5. The Morgan fingerprint density at radius 3 is 2.31 bits per heavy atom. The summed E-state index contributed by atoms with van der Waals surface area (Å²) in [6, 6.07) is 9.21. The van der Waals surface area contributed by atoms with Crippen LogP contribution in [0.3, 0.4) is 0 Å². The summed E-state index contributed by atoms with van der Waals surface area (Å²) in [5.41, 5.74) is 2.53. The summed E-state index contributed by atoms with van der Waals surface area (Å²) in [5, 5.41) is 9.27. The van der Waals surface area contributed by atoms with Gasteiger partial charge in [0.15, 0.2) is 5.82 Å². The molecule has 0 unspecified atom stereocenters. The van der Waals surface area contributed by atoms with Crippen molar-refractivity contribution in [2.24, 2.45) is 15.5 Å². The van der Waals surface area contributed by atoms with Gasteiger partial charge >= 0.3 is 0 Å². The first-order chi connectivity index (χ1) is 23.4. The molecule has 3 heterocycles. The van der Waals surface area contributed by atoms with Crippen molar-refractivity contribution < 1.29 is 14.3 Å². The Hall–Kier alpha value is -4.32. The third-order valence-electron chi connectivity index (χ3n) is 8.36. The number of ether oxygens (including phenoxy) is 1. The van der Waals surface area contributed by atoms with E-state index in [0.29, 0.717) is 65.0 Å². The number of unbranched alkanes of at least 4 members (excludes halogenated alkanes) is 2. The predicted octanol–water partition coefficient (Wildman–Crippen LogP) is 7.14. The van der Waals surface area contributed by atoms with E-state index in [4.69, 9.17) is 19.8 Å². The number of anilines is 2. The van der Waals surface area contributed by atoms with Crippen LogP contribution in [0.2, 0.25) is 0 Å². The fourth-order valence-electron chi connectivity index (χ4n) is 5.70. The molecule has 1 aliphatic rings. The Morgan fingerprint density at radius 1 is 1.04 bits per heavy atom. The van der Waals surface area contributed by atoms with Gasteiger partial charge in [-0.05, 0) is 56.5 Å². The van der Waals surface area contributed by atoms with Crippen LogP contribution < -0.4 is 20.5 Å². The van der Waals surface area contributed by atoms with Gasteiger partial charge < -0.3 is 19.9 Å². The Kier molecular flexibility index (Phi) is 12.5. The van der Waals surface area contributed by atoms with Crippen LogP contribution in [-0.2, 0) is 16.0 Å². The van der Waals surface area contributed by atoms with E-state index in [2.05, 4.69) is 31.0 Å². The quantitative estimate of drug-likeness (QED) is 0.181. The highest BCUT2D eigenvalue weighted by Crippen LogP contribution is 2.37. The lowest BCUT2D eigenvalue weighted by Gasteiger charge is -2.27. The second-order valence-corrected chi connectivity index (χ2v) is 14.2. The highest BCUT2D eigenvalue weighted by molar-refractivity contribution is 7.19. The average molecular weight is 690 g/mol. The molecule has 1 aromatic carbocycles. The molecule has 1 aliphatic heterocycles. The second-order valence-electron chi connectivity index (χ2n) is 13.2. The Labute approximate surface area is 294 Å². The molecule has 2 aromatic heterocycles. The number of fused-ring (bicyclic) bond motifs is 1. The Bertz CT molecular complexity index is 1780. The lowest BCUT2D eigenvalue weighted by atomic mass is 9.87. The summed E-state index contributed by atoms with van der Waals surface area (Å²) in [4.78, 5) is 53.5. The highest BCUT2D eigenvalue weighted by Gasteiger charge is 2.36. The number of methoxy groups -OCH3 is 1. The minimum Gasteiger partial charge on any atom is -0.496 e. The first-order valence-electron chi connectivity index (χ1n) is 17.3. The molecule has 12 heteroatoms. The molecular weight excluding hydrogens is 639 g/mol. The van der Waals surface area contributed by atoms with Gasteiger partial charge in [0.1, 0.15) is 16.5 Å². The number of benzene rings is 1. The van der Waals surface area contributed by atoms with Crippen LogP contribution >= 0.6 is 11.3 Å². The van der Waals surface area contributed by atoms with Gasteiger partial charge in [0.2, 0.25) is 11.8 Å². The summed E-state index contributed by atoms with van der Waals surface area (Å²) in [6.07, 6.45) is 4.49. The highest BCUT2D eigenvalue weighted by atomic mass is 32.1. The van der Waals surface area contributed by atoms with Crippen molar-refractivity contribution in [3.05, 3.63) is 52.1 Å². The molecule has 264 valence electrons. The van der Waals surface area contributed by atoms with Crippen molar-refractivity contribution in [3.63, 3.8) is 0 Å². The Balaban J connectivity index is 1.78. The number of thiophene rings is 1. The van der Waals surface area contributed by atoms with Crippen LogP contribution in [0.1, 0.15) is 92.5 Å². The summed E-state index contributed by atoms with van der Waals surface area (Å²) in [7, 11) is 1.56. The molecule has 0 radical (unpaired) electrons. The van der Waals surface area contributed by atoms with Crippen molar-refractivity contribution in [3.8, 4) is 17.0 Å². The summed E-state index contributed by atoms with van der Waals surface area (Å²) < 4.78 is 7.04. The van der Waals surface area contributed by atoms with Crippen molar-refractivity contribution in [1.82, 2.24) is 14.6 Å². The Morgan fingerprint density at radius 2 is 1.73 bits per heavy atom. The van der Waals surface area contributed by atoms with E-state index in [-0.39, 0.29) is 17.4 Å². The molecule has 49 heavy (non-hydrogen) atoms. The minimum atomic E-state index is -0.447. The number of amides is 2. The lowest BCUT2D eigenvalue weighted by molar-refractivity contribution is -0.129. The molecule has 4 rings (SSSR count). The van der Waals surface area contributed by atoms with Crippen LogP contribution in [0.4, 0.5) is 15.7 Å². The van der Waals surface area contributed by atoms with Crippen LogP contribution in [0.25, 0.3) is 11.3 Å². The van der Waals surface area contributed by atoms with E-state index in [1.807, 2.05) is 44.7 Å². The van der Waals surface area contributed by atoms with Gasteiger partial charge in [0.05, 0.1) is 30.1 Å². The maximum atomic E-state index is 14.1. The van der Waals surface area contributed by atoms with E-state index in [1.165, 1.54) is 22.9 Å².